The fourth-order valence-corrected chi connectivity index (χ4v) is 3.63. The Bertz CT molecular complexity index is 430. The summed E-state index contributed by atoms with van der Waals surface area (Å²) in [5.74, 6) is 6.02. The van der Waals surface area contributed by atoms with Crippen molar-refractivity contribution in [3.05, 3.63) is 22.4 Å². The first-order chi connectivity index (χ1) is 9.07. The molecule has 4 nitrogen and oxygen atoms in total. The lowest BCUT2D eigenvalue weighted by molar-refractivity contribution is 0.447. The number of hydrazine groups is 1. The fraction of sp³-hybridized carbons (Fsp3) is 0.692. The van der Waals surface area contributed by atoms with Crippen LogP contribution in [0.4, 0.5) is 0 Å². The SMILES string of the molecule is CCS(=O)(=O)CCCC(CCCc1cccs1)NN. The Kier molecular flexibility index (Phi) is 7.60. The number of hydrogen-bond acceptors (Lipinski definition) is 5. The van der Waals surface area contributed by atoms with E-state index in [4.69, 9.17) is 5.84 Å². The highest BCUT2D eigenvalue weighted by atomic mass is 32.2. The van der Waals surface area contributed by atoms with Crippen molar-refractivity contribution < 1.29 is 8.42 Å². The van der Waals surface area contributed by atoms with Gasteiger partial charge in [0.15, 0.2) is 0 Å². The van der Waals surface area contributed by atoms with Crippen LogP contribution in [0, 0.1) is 0 Å². The summed E-state index contributed by atoms with van der Waals surface area (Å²) in [7, 11) is -2.85. The normalized spacial score (nSPS) is 13.6. The second-order valence-electron chi connectivity index (χ2n) is 4.71. The first-order valence-corrected chi connectivity index (χ1v) is 9.46. The van der Waals surface area contributed by atoms with Crippen molar-refractivity contribution in [1.29, 1.82) is 0 Å². The molecule has 0 aromatic carbocycles. The predicted molar refractivity (Wildman–Crippen MR) is 81.9 cm³/mol. The molecule has 1 rings (SSSR count). The van der Waals surface area contributed by atoms with Crippen molar-refractivity contribution >= 4 is 21.2 Å². The van der Waals surface area contributed by atoms with Crippen LogP contribution < -0.4 is 11.3 Å². The maximum absolute atomic E-state index is 11.4. The van der Waals surface area contributed by atoms with Crippen LogP contribution in [0.5, 0.6) is 0 Å². The third-order valence-electron chi connectivity index (χ3n) is 3.24. The minimum atomic E-state index is -2.85. The van der Waals surface area contributed by atoms with Gasteiger partial charge in [0.2, 0.25) is 0 Å². The summed E-state index contributed by atoms with van der Waals surface area (Å²) in [6.45, 7) is 1.69. The van der Waals surface area contributed by atoms with Crippen molar-refractivity contribution in [1.82, 2.24) is 5.43 Å². The zero-order valence-corrected chi connectivity index (χ0v) is 13.1. The lowest BCUT2D eigenvalue weighted by Crippen LogP contribution is -2.35. The first kappa shape index (κ1) is 16.6. The molecule has 0 radical (unpaired) electrons. The molecular weight excluding hydrogens is 280 g/mol. The van der Waals surface area contributed by atoms with Gasteiger partial charge >= 0.3 is 0 Å². The molecule has 6 heteroatoms. The highest BCUT2D eigenvalue weighted by Crippen LogP contribution is 2.14. The Balaban J connectivity index is 2.19. The Hall–Kier alpha value is -0.430. The Labute approximate surface area is 120 Å². The molecule has 0 aliphatic carbocycles. The summed E-state index contributed by atoms with van der Waals surface area (Å²) < 4.78 is 22.8. The second kappa shape index (κ2) is 8.68. The van der Waals surface area contributed by atoms with Crippen LogP contribution in [-0.2, 0) is 16.3 Å². The molecule has 0 bridgehead atoms. The summed E-state index contributed by atoms with van der Waals surface area (Å²) in [4.78, 5) is 1.39. The number of nitrogens with one attached hydrogen (secondary N) is 1. The fourth-order valence-electron chi connectivity index (χ4n) is 1.98. The Morgan fingerprint density at radius 3 is 2.68 bits per heavy atom. The average molecular weight is 304 g/mol. The van der Waals surface area contributed by atoms with Crippen molar-refractivity contribution in [3.8, 4) is 0 Å². The van der Waals surface area contributed by atoms with Crippen molar-refractivity contribution in [3.63, 3.8) is 0 Å². The molecule has 3 N–H and O–H groups in total. The predicted octanol–water partition coefficient (Wildman–Crippen LogP) is 2.12. The zero-order chi connectivity index (χ0) is 14.1. The molecule has 0 amide bonds. The highest BCUT2D eigenvalue weighted by Gasteiger charge is 2.11. The van der Waals surface area contributed by atoms with Crippen LogP contribution in [0.2, 0.25) is 0 Å². The molecule has 1 atom stereocenters. The van der Waals surface area contributed by atoms with E-state index in [1.807, 2.05) is 0 Å². The molecule has 110 valence electrons. The number of thiophene rings is 1. The summed E-state index contributed by atoms with van der Waals surface area (Å²) >= 11 is 1.78. The third kappa shape index (κ3) is 7.06. The van der Waals surface area contributed by atoms with Gasteiger partial charge in [0.25, 0.3) is 0 Å². The molecule has 1 aromatic heterocycles. The summed E-state index contributed by atoms with van der Waals surface area (Å²) in [6, 6.07) is 4.42. The van der Waals surface area contributed by atoms with E-state index < -0.39 is 9.84 Å². The number of nitrogens with two attached hydrogens (primary N) is 1. The lowest BCUT2D eigenvalue weighted by Gasteiger charge is -2.15. The zero-order valence-electron chi connectivity index (χ0n) is 11.5. The van der Waals surface area contributed by atoms with Gasteiger partial charge in [0, 0.05) is 16.7 Å². The van der Waals surface area contributed by atoms with Crippen molar-refractivity contribution in [2.45, 2.75) is 45.1 Å². The highest BCUT2D eigenvalue weighted by molar-refractivity contribution is 7.91. The molecule has 0 fully saturated rings. The van der Waals surface area contributed by atoms with Gasteiger partial charge in [-0.3, -0.25) is 11.3 Å². The van der Waals surface area contributed by atoms with Crippen LogP contribution >= 0.6 is 11.3 Å². The maximum atomic E-state index is 11.4. The summed E-state index contributed by atoms with van der Waals surface area (Å²) in [5.41, 5.74) is 2.80. The van der Waals surface area contributed by atoms with Gasteiger partial charge in [0.05, 0.1) is 5.75 Å². The van der Waals surface area contributed by atoms with Gasteiger partial charge in [-0.1, -0.05) is 13.0 Å². The van der Waals surface area contributed by atoms with Crippen LogP contribution in [0.15, 0.2) is 17.5 Å². The van der Waals surface area contributed by atoms with E-state index in [1.54, 1.807) is 18.3 Å². The molecule has 19 heavy (non-hydrogen) atoms. The van der Waals surface area contributed by atoms with Gasteiger partial charge in [0.1, 0.15) is 9.84 Å². The Morgan fingerprint density at radius 2 is 2.11 bits per heavy atom. The standard InChI is InChI=1S/C13H24N2O2S2/c1-2-19(16,17)11-5-7-12(15-14)6-3-8-13-9-4-10-18-13/h4,9-10,12,15H,2-3,5-8,11,14H2,1H3. The van der Waals surface area contributed by atoms with Crippen LogP contribution in [-0.4, -0.2) is 26.0 Å². The topological polar surface area (TPSA) is 72.2 Å². The van der Waals surface area contributed by atoms with E-state index in [1.165, 1.54) is 4.88 Å². The van der Waals surface area contributed by atoms with E-state index in [-0.39, 0.29) is 17.5 Å². The van der Waals surface area contributed by atoms with E-state index in [2.05, 4.69) is 22.9 Å². The van der Waals surface area contributed by atoms with Gasteiger partial charge in [-0.15, -0.1) is 11.3 Å². The van der Waals surface area contributed by atoms with Crippen LogP contribution in [0.25, 0.3) is 0 Å². The van der Waals surface area contributed by atoms with E-state index in [9.17, 15) is 8.42 Å². The first-order valence-electron chi connectivity index (χ1n) is 6.76. The van der Waals surface area contributed by atoms with E-state index in [0.717, 1.165) is 25.7 Å². The lowest BCUT2D eigenvalue weighted by atomic mass is 10.1. The van der Waals surface area contributed by atoms with Crippen molar-refractivity contribution in [2.75, 3.05) is 11.5 Å². The van der Waals surface area contributed by atoms with Crippen molar-refractivity contribution in [2.24, 2.45) is 5.84 Å². The van der Waals surface area contributed by atoms with Gasteiger partial charge in [-0.25, -0.2) is 8.42 Å². The Morgan fingerprint density at radius 1 is 1.37 bits per heavy atom. The van der Waals surface area contributed by atoms with Crippen LogP contribution in [0.3, 0.4) is 0 Å². The summed E-state index contributed by atoms with van der Waals surface area (Å²) in [5, 5.41) is 2.09. The molecule has 0 aliphatic heterocycles. The molecule has 0 spiro atoms. The molecule has 0 aliphatic rings. The number of rotatable bonds is 10. The maximum Gasteiger partial charge on any atom is 0.150 e. The number of aryl methyl sites for hydroxylation is 1. The summed E-state index contributed by atoms with van der Waals surface area (Å²) in [6.07, 6.45) is 4.64. The van der Waals surface area contributed by atoms with Crippen LogP contribution in [0.1, 0.15) is 37.5 Å². The van der Waals surface area contributed by atoms with Gasteiger partial charge in [-0.2, -0.15) is 0 Å². The number of hydrogen-bond donors (Lipinski definition) is 2. The minimum absolute atomic E-state index is 0.215. The second-order valence-corrected chi connectivity index (χ2v) is 8.22. The largest absolute Gasteiger partial charge is 0.271 e. The van der Waals surface area contributed by atoms with Gasteiger partial charge in [-0.05, 0) is 43.6 Å². The minimum Gasteiger partial charge on any atom is -0.271 e. The quantitative estimate of drug-likeness (QED) is 0.513. The number of sulfone groups is 1. The molecule has 1 unspecified atom stereocenters. The molecule has 1 aromatic rings. The molecule has 0 saturated heterocycles. The molecular formula is C13H24N2O2S2. The average Bonchev–Trinajstić information content (AvgIpc) is 2.90. The van der Waals surface area contributed by atoms with Gasteiger partial charge < -0.3 is 0 Å². The van der Waals surface area contributed by atoms with E-state index in [0.29, 0.717) is 6.42 Å². The molecule has 0 saturated carbocycles. The molecule has 1 heterocycles. The van der Waals surface area contributed by atoms with E-state index >= 15 is 0 Å². The monoisotopic (exact) mass is 304 g/mol. The third-order valence-corrected chi connectivity index (χ3v) is 5.97. The smallest absolute Gasteiger partial charge is 0.150 e.